The number of pyridine rings is 4. The minimum Gasteiger partial charge on any atom is -0.254 e. The van der Waals surface area contributed by atoms with Crippen LogP contribution in [0.25, 0.3) is 110 Å². The Balaban J connectivity index is 1.03. The predicted molar refractivity (Wildman–Crippen MR) is 229 cm³/mol. The van der Waals surface area contributed by atoms with Crippen LogP contribution in [-0.2, 0) is 5.41 Å². The summed E-state index contributed by atoms with van der Waals surface area (Å²) in [7, 11) is 0. The van der Waals surface area contributed by atoms with Crippen LogP contribution < -0.4 is 0 Å². The molecule has 1 aliphatic rings. The van der Waals surface area contributed by atoms with Crippen LogP contribution in [0.4, 0.5) is 0 Å². The maximum Gasteiger partial charge on any atom is 0.0972 e. The summed E-state index contributed by atoms with van der Waals surface area (Å²) in [6, 6.07) is 52.8. The van der Waals surface area contributed by atoms with Gasteiger partial charge in [-0.25, -0.2) is 9.97 Å². The molecule has 0 unspecified atom stereocenters. The molecule has 7 aromatic carbocycles. The summed E-state index contributed by atoms with van der Waals surface area (Å²) in [4.78, 5) is 19.8. The van der Waals surface area contributed by atoms with Crippen molar-refractivity contribution in [3.8, 4) is 33.6 Å². The smallest absolute Gasteiger partial charge is 0.0972 e. The third-order valence-corrected chi connectivity index (χ3v) is 12.1. The van der Waals surface area contributed by atoms with Gasteiger partial charge in [0.25, 0.3) is 0 Å². The quantitative estimate of drug-likeness (QED) is 0.168. The third kappa shape index (κ3) is 4.34. The van der Waals surface area contributed by atoms with Crippen LogP contribution in [-0.4, -0.2) is 19.9 Å². The van der Waals surface area contributed by atoms with Crippen LogP contribution in [0.2, 0.25) is 0 Å². The van der Waals surface area contributed by atoms with E-state index in [1.54, 1.807) is 0 Å². The van der Waals surface area contributed by atoms with Crippen molar-refractivity contribution in [3.05, 3.63) is 169 Å². The fourth-order valence-corrected chi connectivity index (χ4v) is 9.27. The molecule has 1 aliphatic carbocycles. The molecule has 4 heterocycles. The van der Waals surface area contributed by atoms with Crippen LogP contribution in [0, 0.1) is 0 Å². The van der Waals surface area contributed by atoms with E-state index in [2.05, 4.69) is 147 Å². The summed E-state index contributed by atoms with van der Waals surface area (Å²) in [5, 5.41) is 11.9. The van der Waals surface area contributed by atoms with Gasteiger partial charge in [-0.15, -0.1) is 0 Å². The molecule has 256 valence electrons. The van der Waals surface area contributed by atoms with E-state index < -0.39 is 0 Å². The van der Waals surface area contributed by atoms with Crippen molar-refractivity contribution in [3.63, 3.8) is 0 Å². The van der Waals surface area contributed by atoms with E-state index in [0.717, 1.165) is 66.1 Å². The first-order valence-corrected chi connectivity index (χ1v) is 18.9. The summed E-state index contributed by atoms with van der Waals surface area (Å²) >= 11 is 0. The molecule has 0 aliphatic heterocycles. The lowest BCUT2D eigenvalue weighted by Gasteiger charge is -2.23. The molecular weight excluding hydrogens is 669 g/mol. The molecule has 0 amide bonds. The highest BCUT2D eigenvalue weighted by Gasteiger charge is 2.36. The number of nitrogens with zero attached hydrogens (tertiary/aromatic N) is 4. The largest absolute Gasteiger partial charge is 0.254 e. The van der Waals surface area contributed by atoms with Gasteiger partial charge in [0.05, 0.1) is 33.5 Å². The minimum absolute atomic E-state index is 0.205. The average Bonchev–Trinajstić information content (AvgIpc) is 3.46. The fraction of sp³-hybridized carbons (Fsp3) is 0.0588. The molecule has 55 heavy (non-hydrogen) atoms. The molecule has 0 saturated heterocycles. The zero-order valence-corrected chi connectivity index (χ0v) is 30.3. The Morgan fingerprint density at radius 1 is 0.364 bits per heavy atom. The number of rotatable bonds is 2. The van der Waals surface area contributed by atoms with E-state index in [1.165, 1.54) is 54.6 Å². The number of benzene rings is 7. The average molecular weight is 701 g/mol. The SMILES string of the molecule is CC1(C)c2cc(-c3ccc4ccc5cccnc5c4n3)ccc2-c2cc3c4ccccc4c4cc(-c5ccc6ccc7cccnc7c6n5)ccc4c3cc21. The van der Waals surface area contributed by atoms with E-state index in [-0.39, 0.29) is 5.41 Å². The maximum absolute atomic E-state index is 5.20. The van der Waals surface area contributed by atoms with Crippen LogP contribution in [0.15, 0.2) is 158 Å². The van der Waals surface area contributed by atoms with Gasteiger partial charge in [-0.2, -0.15) is 0 Å². The molecule has 4 nitrogen and oxygen atoms in total. The first-order chi connectivity index (χ1) is 27.0. The zero-order valence-electron chi connectivity index (χ0n) is 30.3. The standard InChI is InChI=1S/C51H32N4/c1-51(2)43-26-34(46-22-18-32-14-12-30-8-6-24-53-48(30)50(32)55-46)16-20-38(43)42-27-40-36-10-4-3-9-35(36)39-25-33(15-19-37(39)41(40)28-44(42)51)45-21-17-31-13-11-29-7-5-23-52-47(29)49(31)54-45/h3-28H,1-2H3. The van der Waals surface area contributed by atoms with Gasteiger partial charge in [-0.05, 0) is 103 Å². The minimum atomic E-state index is -0.205. The van der Waals surface area contributed by atoms with Crippen molar-refractivity contribution in [2.75, 3.05) is 0 Å². The molecule has 0 N–H and O–H groups in total. The van der Waals surface area contributed by atoms with Crippen molar-refractivity contribution in [1.82, 2.24) is 19.9 Å². The van der Waals surface area contributed by atoms with Crippen molar-refractivity contribution in [2.45, 2.75) is 19.3 Å². The van der Waals surface area contributed by atoms with Gasteiger partial charge < -0.3 is 0 Å². The van der Waals surface area contributed by atoms with E-state index in [0.29, 0.717) is 0 Å². The lowest BCUT2D eigenvalue weighted by Crippen LogP contribution is -2.15. The molecule has 0 bridgehead atoms. The normalized spacial score (nSPS) is 13.4. The van der Waals surface area contributed by atoms with E-state index in [1.807, 2.05) is 24.5 Å². The predicted octanol–water partition coefficient (Wildman–Crippen LogP) is 13.0. The maximum atomic E-state index is 5.20. The van der Waals surface area contributed by atoms with E-state index in [9.17, 15) is 0 Å². The topological polar surface area (TPSA) is 51.6 Å². The monoisotopic (exact) mass is 700 g/mol. The molecule has 12 rings (SSSR count). The molecule has 4 aromatic heterocycles. The van der Waals surface area contributed by atoms with Crippen LogP contribution in [0.1, 0.15) is 25.0 Å². The van der Waals surface area contributed by atoms with Gasteiger partial charge in [0.15, 0.2) is 0 Å². The van der Waals surface area contributed by atoms with Gasteiger partial charge in [0, 0.05) is 50.5 Å². The van der Waals surface area contributed by atoms with Gasteiger partial charge in [-0.1, -0.05) is 111 Å². The fourth-order valence-electron chi connectivity index (χ4n) is 9.27. The number of hydrogen-bond acceptors (Lipinski definition) is 4. The molecular formula is C51H32N4. The second kappa shape index (κ2) is 11.0. The second-order valence-electron chi connectivity index (χ2n) is 15.5. The van der Waals surface area contributed by atoms with E-state index >= 15 is 0 Å². The van der Waals surface area contributed by atoms with Crippen LogP contribution >= 0.6 is 0 Å². The molecule has 0 spiro atoms. The molecule has 0 saturated carbocycles. The van der Waals surface area contributed by atoms with E-state index in [4.69, 9.17) is 19.9 Å². The Morgan fingerprint density at radius 3 is 1.49 bits per heavy atom. The third-order valence-electron chi connectivity index (χ3n) is 12.1. The molecule has 0 atom stereocenters. The summed E-state index contributed by atoms with van der Waals surface area (Å²) in [6.45, 7) is 4.73. The first kappa shape index (κ1) is 30.4. The zero-order chi connectivity index (χ0) is 36.4. The lowest BCUT2D eigenvalue weighted by atomic mass is 9.80. The summed E-state index contributed by atoms with van der Waals surface area (Å²) in [5.74, 6) is 0. The van der Waals surface area contributed by atoms with Gasteiger partial charge in [0.2, 0.25) is 0 Å². The molecule has 0 radical (unpaired) electrons. The Labute approximate surface area is 316 Å². The Bertz CT molecular complexity index is 3470. The summed E-state index contributed by atoms with van der Waals surface area (Å²) < 4.78 is 0. The van der Waals surface area contributed by atoms with Gasteiger partial charge in [0.1, 0.15) is 0 Å². The van der Waals surface area contributed by atoms with Crippen molar-refractivity contribution in [2.24, 2.45) is 0 Å². The highest BCUT2D eigenvalue weighted by molar-refractivity contribution is 6.26. The van der Waals surface area contributed by atoms with Crippen molar-refractivity contribution < 1.29 is 0 Å². The van der Waals surface area contributed by atoms with Crippen LogP contribution in [0.3, 0.4) is 0 Å². The van der Waals surface area contributed by atoms with Gasteiger partial charge >= 0.3 is 0 Å². The number of fused-ring (bicyclic) bond motifs is 15. The van der Waals surface area contributed by atoms with Gasteiger partial charge in [-0.3, -0.25) is 9.97 Å². The molecule has 11 aromatic rings. The highest BCUT2D eigenvalue weighted by Crippen LogP contribution is 2.52. The Morgan fingerprint density at radius 2 is 0.855 bits per heavy atom. The Kier molecular flexibility index (Phi) is 6.09. The Hall–Kier alpha value is -7.04. The summed E-state index contributed by atoms with van der Waals surface area (Å²) in [5.41, 5.74) is 12.9. The van der Waals surface area contributed by atoms with Crippen LogP contribution in [0.5, 0.6) is 0 Å². The number of aromatic nitrogens is 4. The molecule has 0 fully saturated rings. The highest BCUT2D eigenvalue weighted by atomic mass is 14.8. The second-order valence-corrected chi connectivity index (χ2v) is 15.5. The first-order valence-electron chi connectivity index (χ1n) is 18.9. The molecule has 4 heteroatoms. The summed E-state index contributed by atoms with van der Waals surface area (Å²) in [6.07, 6.45) is 3.70. The number of hydrogen-bond donors (Lipinski definition) is 0. The van der Waals surface area contributed by atoms with Crippen molar-refractivity contribution >= 4 is 75.9 Å². The lowest BCUT2D eigenvalue weighted by molar-refractivity contribution is 0.661. The van der Waals surface area contributed by atoms with Crippen molar-refractivity contribution in [1.29, 1.82) is 0 Å².